The molecule has 0 spiro atoms. The van der Waals surface area contributed by atoms with E-state index in [1.165, 1.54) is 0 Å². The minimum Gasteiger partial charge on any atom is -0.493 e. The quantitative estimate of drug-likeness (QED) is 0.907. The number of benzene rings is 1. The fourth-order valence-electron chi connectivity index (χ4n) is 3.01. The molecular formula is C17H24N2O4. The second-order valence-electron chi connectivity index (χ2n) is 5.91. The predicted molar refractivity (Wildman–Crippen MR) is 85.9 cm³/mol. The summed E-state index contributed by atoms with van der Waals surface area (Å²) < 4.78 is 16.5. The summed E-state index contributed by atoms with van der Waals surface area (Å²) in [5.74, 6) is 1.47. The molecule has 0 bridgehead atoms. The number of urea groups is 1. The van der Waals surface area contributed by atoms with Crippen LogP contribution in [0, 0.1) is 0 Å². The maximum atomic E-state index is 12.6. The molecule has 0 saturated carbocycles. The van der Waals surface area contributed by atoms with Crippen LogP contribution < -0.4 is 14.8 Å². The van der Waals surface area contributed by atoms with Crippen LogP contribution in [-0.2, 0) is 11.3 Å². The van der Waals surface area contributed by atoms with Crippen molar-refractivity contribution in [1.29, 1.82) is 0 Å². The van der Waals surface area contributed by atoms with Crippen LogP contribution in [-0.4, -0.2) is 50.4 Å². The van der Waals surface area contributed by atoms with Crippen LogP contribution in [0.3, 0.4) is 0 Å². The largest absolute Gasteiger partial charge is 0.493 e. The van der Waals surface area contributed by atoms with Crippen LogP contribution in [0.25, 0.3) is 0 Å². The topological polar surface area (TPSA) is 60.0 Å². The van der Waals surface area contributed by atoms with Crippen molar-refractivity contribution in [3.63, 3.8) is 0 Å². The van der Waals surface area contributed by atoms with Crippen LogP contribution >= 0.6 is 0 Å². The molecule has 6 nitrogen and oxygen atoms in total. The molecule has 1 aromatic rings. The number of ether oxygens (including phenoxy) is 3. The Bertz CT molecular complexity index is 543. The zero-order valence-corrected chi connectivity index (χ0v) is 13.5. The number of nitrogens with one attached hydrogen (secondary N) is 1. The predicted octanol–water partition coefficient (Wildman–Crippen LogP) is 2.17. The number of para-hydroxylation sites is 1. The minimum atomic E-state index is -0.00688. The summed E-state index contributed by atoms with van der Waals surface area (Å²) in [6, 6.07) is 6.00. The highest BCUT2D eigenvalue weighted by Gasteiger charge is 2.23. The van der Waals surface area contributed by atoms with Crippen LogP contribution in [0.2, 0.25) is 0 Å². The van der Waals surface area contributed by atoms with Gasteiger partial charge in [0.15, 0.2) is 11.5 Å². The molecular weight excluding hydrogens is 296 g/mol. The maximum absolute atomic E-state index is 12.6. The first-order valence-corrected chi connectivity index (χ1v) is 8.20. The van der Waals surface area contributed by atoms with Gasteiger partial charge < -0.3 is 24.4 Å². The number of rotatable bonds is 2. The fourth-order valence-corrected chi connectivity index (χ4v) is 3.01. The van der Waals surface area contributed by atoms with E-state index in [-0.39, 0.29) is 12.1 Å². The van der Waals surface area contributed by atoms with Gasteiger partial charge in [-0.15, -0.1) is 0 Å². The summed E-state index contributed by atoms with van der Waals surface area (Å²) in [6.07, 6.45) is 2.57. The Hall–Kier alpha value is -1.95. The van der Waals surface area contributed by atoms with E-state index in [2.05, 4.69) is 5.32 Å². The lowest BCUT2D eigenvalue weighted by Gasteiger charge is -2.30. The lowest BCUT2D eigenvalue weighted by molar-refractivity contribution is 0.0776. The van der Waals surface area contributed by atoms with Crippen molar-refractivity contribution in [3.05, 3.63) is 23.8 Å². The van der Waals surface area contributed by atoms with Crippen molar-refractivity contribution in [1.82, 2.24) is 10.2 Å². The first-order chi connectivity index (χ1) is 11.3. The number of hydrogen-bond acceptors (Lipinski definition) is 4. The molecule has 2 amide bonds. The monoisotopic (exact) mass is 320 g/mol. The summed E-state index contributed by atoms with van der Waals surface area (Å²) in [6.45, 7) is 3.24. The average Bonchev–Trinajstić information content (AvgIpc) is 2.55. The average molecular weight is 320 g/mol. The van der Waals surface area contributed by atoms with Crippen LogP contribution in [0.4, 0.5) is 4.79 Å². The van der Waals surface area contributed by atoms with E-state index in [0.717, 1.165) is 43.8 Å². The fraction of sp³-hybridized carbons (Fsp3) is 0.588. The molecule has 1 N–H and O–H groups in total. The molecule has 2 aliphatic rings. The Labute approximate surface area is 136 Å². The number of carbonyl (C=O) groups is 1. The van der Waals surface area contributed by atoms with E-state index >= 15 is 0 Å². The molecule has 0 aliphatic carbocycles. The number of nitrogens with zero attached hydrogens (tertiary/aromatic N) is 1. The highest BCUT2D eigenvalue weighted by atomic mass is 16.5. The standard InChI is InChI=1S/C17H24N2O4/c1-21-15-5-2-4-13-12-19(8-3-9-23-16(13)15)17(20)18-14-6-10-22-11-7-14/h2,4-5,14H,3,6-12H2,1H3,(H,18,20). The van der Waals surface area contributed by atoms with Crippen molar-refractivity contribution in [3.8, 4) is 11.5 Å². The molecule has 1 fully saturated rings. The number of fused-ring (bicyclic) bond motifs is 1. The molecule has 2 aliphatic heterocycles. The zero-order valence-electron chi connectivity index (χ0n) is 13.5. The lowest BCUT2D eigenvalue weighted by Crippen LogP contribution is -2.47. The normalized spacial score (nSPS) is 19.1. The third-order valence-corrected chi connectivity index (χ3v) is 4.30. The Morgan fingerprint density at radius 2 is 2.13 bits per heavy atom. The molecule has 1 aromatic carbocycles. The summed E-state index contributed by atoms with van der Waals surface area (Å²) in [7, 11) is 1.63. The maximum Gasteiger partial charge on any atom is 0.317 e. The Morgan fingerprint density at radius 1 is 1.30 bits per heavy atom. The Kier molecular flexibility index (Phi) is 5.23. The summed E-state index contributed by atoms with van der Waals surface area (Å²) in [5, 5.41) is 3.13. The van der Waals surface area contributed by atoms with Crippen molar-refractivity contribution in [2.75, 3.05) is 33.5 Å². The molecule has 0 aromatic heterocycles. The van der Waals surface area contributed by atoms with Gasteiger partial charge in [0.2, 0.25) is 0 Å². The Balaban J connectivity index is 1.71. The molecule has 3 rings (SSSR count). The van der Waals surface area contributed by atoms with Crippen LogP contribution in [0.5, 0.6) is 11.5 Å². The number of methoxy groups -OCH3 is 1. The summed E-state index contributed by atoms with van der Waals surface area (Å²) in [5.41, 5.74) is 0.978. The molecule has 23 heavy (non-hydrogen) atoms. The first kappa shape index (κ1) is 15.9. The van der Waals surface area contributed by atoms with Gasteiger partial charge in [-0.2, -0.15) is 0 Å². The summed E-state index contributed by atoms with van der Waals surface area (Å²) in [4.78, 5) is 14.5. The molecule has 6 heteroatoms. The SMILES string of the molecule is COc1cccc2c1OCCCN(C(=O)NC1CCOCC1)C2. The highest BCUT2D eigenvalue weighted by molar-refractivity contribution is 5.74. The molecule has 2 heterocycles. The number of carbonyl (C=O) groups excluding carboxylic acids is 1. The molecule has 0 radical (unpaired) electrons. The van der Waals surface area contributed by atoms with E-state index in [1.54, 1.807) is 7.11 Å². The molecule has 1 saturated heterocycles. The van der Waals surface area contributed by atoms with Crippen molar-refractivity contribution < 1.29 is 19.0 Å². The second-order valence-corrected chi connectivity index (χ2v) is 5.91. The third-order valence-electron chi connectivity index (χ3n) is 4.30. The summed E-state index contributed by atoms with van der Waals surface area (Å²) >= 11 is 0. The third kappa shape index (κ3) is 3.88. The van der Waals surface area contributed by atoms with Crippen molar-refractivity contribution >= 4 is 6.03 Å². The van der Waals surface area contributed by atoms with E-state index in [9.17, 15) is 4.79 Å². The van der Waals surface area contributed by atoms with E-state index < -0.39 is 0 Å². The number of amides is 2. The van der Waals surface area contributed by atoms with E-state index in [0.29, 0.717) is 25.4 Å². The van der Waals surface area contributed by atoms with Gasteiger partial charge in [0.1, 0.15) is 0 Å². The smallest absolute Gasteiger partial charge is 0.317 e. The molecule has 0 unspecified atom stereocenters. The van der Waals surface area contributed by atoms with Crippen molar-refractivity contribution in [2.45, 2.75) is 31.8 Å². The highest BCUT2D eigenvalue weighted by Crippen LogP contribution is 2.33. The molecule has 126 valence electrons. The van der Waals surface area contributed by atoms with Gasteiger partial charge in [-0.25, -0.2) is 4.79 Å². The molecule has 0 atom stereocenters. The van der Waals surface area contributed by atoms with Gasteiger partial charge in [-0.3, -0.25) is 0 Å². The van der Waals surface area contributed by atoms with Crippen LogP contribution in [0.15, 0.2) is 18.2 Å². The van der Waals surface area contributed by atoms with E-state index in [1.807, 2.05) is 23.1 Å². The van der Waals surface area contributed by atoms with Gasteiger partial charge in [-0.1, -0.05) is 12.1 Å². The van der Waals surface area contributed by atoms with E-state index in [4.69, 9.17) is 14.2 Å². The van der Waals surface area contributed by atoms with Gasteiger partial charge in [0.05, 0.1) is 20.3 Å². The second kappa shape index (κ2) is 7.55. The minimum absolute atomic E-state index is 0.00688. The first-order valence-electron chi connectivity index (χ1n) is 8.20. The van der Waals surface area contributed by atoms with Gasteiger partial charge in [-0.05, 0) is 25.3 Å². The van der Waals surface area contributed by atoms with Gasteiger partial charge >= 0.3 is 6.03 Å². The lowest BCUT2D eigenvalue weighted by atomic mass is 10.1. The van der Waals surface area contributed by atoms with Crippen LogP contribution in [0.1, 0.15) is 24.8 Å². The van der Waals surface area contributed by atoms with Gasteiger partial charge in [0.25, 0.3) is 0 Å². The van der Waals surface area contributed by atoms with Crippen molar-refractivity contribution in [2.24, 2.45) is 0 Å². The number of hydrogen-bond donors (Lipinski definition) is 1. The zero-order chi connectivity index (χ0) is 16.1. The Morgan fingerprint density at radius 3 is 2.91 bits per heavy atom. The van der Waals surface area contributed by atoms with Gasteiger partial charge in [0, 0.05) is 31.4 Å².